The SMILES string of the molecule is ClC1N=C(c2ccc3ccccc3c2)c2ccccc2N1. The van der Waals surface area contributed by atoms with Gasteiger partial charge in [0, 0.05) is 16.8 Å². The van der Waals surface area contributed by atoms with Gasteiger partial charge in [-0.15, -0.1) is 0 Å². The molecule has 2 nitrogen and oxygen atoms in total. The van der Waals surface area contributed by atoms with E-state index in [1.54, 1.807) is 0 Å². The number of alkyl halides is 1. The van der Waals surface area contributed by atoms with E-state index in [0.717, 1.165) is 22.5 Å². The molecule has 0 fully saturated rings. The maximum absolute atomic E-state index is 6.21. The molecule has 1 aliphatic rings. The minimum Gasteiger partial charge on any atom is -0.351 e. The summed E-state index contributed by atoms with van der Waals surface area (Å²) in [4.78, 5) is 4.57. The van der Waals surface area contributed by atoms with Crippen LogP contribution >= 0.6 is 11.6 Å². The van der Waals surface area contributed by atoms with Crippen LogP contribution < -0.4 is 5.32 Å². The summed E-state index contributed by atoms with van der Waals surface area (Å²) in [5.41, 5.74) is 3.71. The van der Waals surface area contributed by atoms with Gasteiger partial charge in [-0.2, -0.15) is 0 Å². The lowest BCUT2D eigenvalue weighted by Crippen LogP contribution is -2.21. The Kier molecular flexibility index (Phi) is 2.90. The zero-order valence-electron chi connectivity index (χ0n) is 11.3. The number of halogens is 1. The predicted octanol–water partition coefficient (Wildman–Crippen LogP) is 4.63. The van der Waals surface area contributed by atoms with Crippen LogP contribution in [0.25, 0.3) is 10.8 Å². The van der Waals surface area contributed by atoms with E-state index in [1.165, 1.54) is 10.8 Å². The third-order valence-corrected chi connectivity index (χ3v) is 3.93. The van der Waals surface area contributed by atoms with E-state index < -0.39 is 5.62 Å². The predicted molar refractivity (Wildman–Crippen MR) is 89.3 cm³/mol. The number of nitrogens with zero attached hydrogens (tertiary/aromatic N) is 1. The Hall–Kier alpha value is -2.32. The van der Waals surface area contributed by atoms with Crippen LogP contribution in [0.15, 0.2) is 71.7 Å². The third-order valence-electron chi connectivity index (χ3n) is 3.72. The maximum Gasteiger partial charge on any atom is 0.196 e. The van der Waals surface area contributed by atoms with Gasteiger partial charge >= 0.3 is 0 Å². The number of hydrogen-bond acceptors (Lipinski definition) is 2. The van der Waals surface area contributed by atoms with Crippen molar-refractivity contribution in [3.8, 4) is 0 Å². The molecule has 1 aliphatic heterocycles. The topological polar surface area (TPSA) is 24.4 Å². The molecule has 0 aromatic heterocycles. The van der Waals surface area contributed by atoms with Gasteiger partial charge in [-0.1, -0.05) is 66.2 Å². The maximum atomic E-state index is 6.21. The first-order valence-electron chi connectivity index (χ1n) is 6.88. The summed E-state index contributed by atoms with van der Waals surface area (Å²) >= 11 is 6.21. The highest BCUT2D eigenvalue weighted by Gasteiger charge is 2.19. The van der Waals surface area contributed by atoms with Crippen molar-refractivity contribution in [2.24, 2.45) is 4.99 Å². The van der Waals surface area contributed by atoms with Gasteiger partial charge in [0.2, 0.25) is 0 Å². The van der Waals surface area contributed by atoms with Crippen molar-refractivity contribution in [1.82, 2.24) is 0 Å². The fraction of sp³-hybridized carbons (Fsp3) is 0.0556. The molecule has 0 bridgehead atoms. The highest BCUT2D eigenvalue weighted by atomic mass is 35.5. The summed E-state index contributed by atoms with van der Waals surface area (Å²) in [6.45, 7) is 0. The minimum atomic E-state index is -0.429. The van der Waals surface area contributed by atoms with E-state index in [2.05, 4.69) is 52.8 Å². The van der Waals surface area contributed by atoms with Crippen LogP contribution in [-0.2, 0) is 0 Å². The summed E-state index contributed by atoms with van der Waals surface area (Å²) in [6, 6.07) is 22.8. The summed E-state index contributed by atoms with van der Waals surface area (Å²) in [5, 5.41) is 5.61. The van der Waals surface area contributed by atoms with Gasteiger partial charge in [-0.05, 0) is 22.9 Å². The Balaban J connectivity index is 1.90. The van der Waals surface area contributed by atoms with Crippen LogP contribution in [0.3, 0.4) is 0 Å². The molecule has 0 amide bonds. The number of rotatable bonds is 1. The summed E-state index contributed by atoms with van der Waals surface area (Å²) < 4.78 is 0. The highest BCUT2D eigenvalue weighted by Crippen LogP contribution is 2.28. The van der Waals surface area contributed by atoms with E-state index in [9.17, 15) is 0 Å². The Bertz CT molecular complexity index is 854. The van der Waals surface area contributed by atoms with Crippen LogP contribution in [0, 0.1) is 0 Å². The van der Waals surface area contributed by atoms with Crippen LogP contribution in [0.1, 0.15) is 11.1 Å². The molecule has 4 rings (SSSR count). The number of hydrogen-bond donors (Lipinski definition) is 1. The molecule has 0 radical (unpaired) electrons. The monoisotopic (exact) mass is 292 g/mol. The molecular formula is C18H13ClN2. The molecule has 0 saturated heterocycles. The zero-order valence-corrected chi connectivity index (χ0v) is 12.0. The molecular weight excluding hydrogens is 280 g/mol. The van der Waals surface area contributed by atoms with Crippen molar-refractivity contribution in [1.29, 1.82) is 0 Å². The molecule has 1 unspecified atom stereocenters. The molecule has 0 aliphatic carbocycles. The summed E-state index contributed by atoms with van der Waals surface area (Å²) in [7, 11) is 0. The molecule has 21 heavy (non-hydrogen) atoms. The van der Waals surface area contributed by atoms with Crippen molar-refractivity contribution in [3.05, 3.63) is 77.9 Å². The fourth-order valence-corrected chi connectivity index (χ4v) is 2.94. The molecule has 0 saturated carbocycles. The number of benzene rings is 3. The molecule has 1 heterocycles. The second-order valence-electron chi connectivity index (χ2n) is 5.07. The van der Waals surface area contributed by atoms with E-state index in [4.69, 9.17) is 11.6 Å². The lowest BCUT2D eigenvalue weighted by molar-refractivity contribution is 1.02. The largest absolute Gasteiger partial charge is 0.351 e. The Morgan fingerprint density at radius 2 is 1.62 bits per heavy atom. The van der Waals surface area contributed by atoms with Crippen molar-refractivity contribution >= 4 is 33.8 Å². The highest BCUT2D eigenvalue weighted by molar-refractivity contribution is 6.26. The smallest absolute Gasteiger partial charge is 0.196 e. The van der Waals surface area contributed by atoms with Gasteiger partial charge in [-0.25, -0.2) is 4.99 Å². The fourth-order valence-electron chi connectivity index (χ4n) is 2.73. The molecule has 1 atom stereocenters. The molecule has 3 heteroatoms. The molecule has 1 N–H and O–H groups in total. The Morgan fingerprint density at radius 1 is 0.857 bits per heavy atom. The first-order chi connectivity index (χ1) is 10.3. The molecule has 102 valence electrons. The van der Waals surface area contributed by atoms with E-state index in [0.29, 0.717) is 0 Å². The number of fused-ring (bicyclic) bond motifs is 2. The molecule has 3 aromatic carbocycles. The van der Waals surface area contributed by atoms with E-state index in [1.807, 2.05) is 24.3 Å². The number of anilines is 1. The van der Waals surface area contributed by atoms with Crippen LogP contribution in [0.5, 0.6) is 0 Å². The second-order valence-corrected chi connectivity index (χ2v) is 5.48. The second kappa shape index (κ2) is 4.90. The van der Waals surface area contributed by atoms with Gasteiger partial charge in [0.15, 0.2) is 5.62 Å². The van der Waals surface area contributed by atoms with Crippen LogP contribution in [0.2, 0.25) is 0 Å². The van der Waals surface area contributed by atoms with Gasteiger partial charge in [0.25, 0.3) is 0 Å². The molecule has 3 aromatic rings. The van der Waals surface area contributed by atoms with Crippen molar-refractivity contribution < 1.29 is 0 Å². The number of aliphatic imine (C=N–C) groups is 1. The Labute approximate surface area is 128 Å². The van der Waals surface area contributed by atoms with Gasteiger partial charge in [-0.3, -0.25) is 0 Å². The third kappa shape index (κ3) is 2.18. The normalized spacial score (nSPS) is 17.0. The summed E-state index contributed by atoms with van der Waals surface area (Å²) in [5.74, 6) is 0. The minimum absolute atomic E-state index is 0.429. The average molecular weight is 293 g/mol. The van der Waals surface area contributed by atoms with Crippen LogP contribution in [-0.4, -0.2) is 11.3 Å². The lowest BCUT2D eigenvalue weighted by atomic mass is 9.97. The lowest BCUT2D eigenvalue weighted by Gasteiger charge is -2.22. The average Bonchev–Trinajstić information content (AvgIpc) is 2.53. The quantitative estimate of drug-likeness (QED) is 0.513. The van der Waals surface area contributed by atoms with E-state index in [-0.39, 0.29) is 0 Å². The first kappa shape index (κ1) is 12.4. The first-order valence-corrected chi connectivity index (χ1v) is 7.32. The van der Waals surface area contributed by atoms with Gasteiger partial charge in [0.05, 0.1) is 5.71 Å². The van der Waals surface area contributed by atoms with Gasteiger partial charge in [0.1, 0.15) is 0 Å². The summed E-state index contributed by atoms with van der Waals surface area (Å²) in [6.07, 6.45) is 0. The van der Waals surface area contributed by atoms with Crippen molar-refractivity contribution in [2.45, 2.75) is 5.62 Å². The Morgan fingerprint density at radius 3 is 2.52 bits per heavy atom. The van der Waals surface area contributed by atoms with Crippen LogP contribution in [0.4, 0.5) is 5.69 Å². The number of nitrogens with one attached hydrogen (secondary N) is 1. The van der Waals surface area contributed by atoms with Crippen molar-refractivity contribution in [2.75, 3.05) is 5.32 Å². The number of para-hydroxylation sites is 1. The zero-order chi connectivity index (χ0) is 14.2. The molecule has 0 spiro atoms. The van der Waals surface area contributed by atoms with E-state index >= 15 is 0 Å². The van der Waals surface area contributed by atoms with Crippen molar-refractivity contribution in [3.63, 3.8) is 0 Å². The van der Waals surface area contributed by atoms with Gasteiger partial charge < -0.3 is 5.32 Å². The standard InChI is InChI=1S/C18H13ClN2/c19-18-20-16-8-4-3-7-15(16)17(21-18)14-10-9-12-5-1-2-6-13(12)11-14/h1-11,18,20H.